The topological polar surface area (TPSA) is 36.7 Å². The molecule has 0 radical (unpaired) electrons. The molecule has 3 heteroatoms. The van der Waals surface area contributed by atoms with Gasteiger partial charge < -0.3 is 0 Å². The van der Waals surface area contributed by atoms with Gasteiger partial charge in [-0.05, 0) is 18.1 Å². The summed E-state index contributed by atoms with van der Waals surface area (Å²) < 4.78 is 0. The molecular formula is C8H7ClN2. The van der Waals surface area contributed by atoms with Crippen LogP contribution < -0.4 is 0 Å². The first kappa shape index (κ1) is 8.03. The summed E-state index contributed by atoms with van der Waals surface area (Å²) in [4.78, 5) is 3.89. The van der Waals surface area contributed by atoms with Crippen LogP contribution in [0.1, 0.15) is 12.0 Å². The second-order valence-electron chi connectivity index (χ2n) is 2.15. The van der Waals surface area contributed by atoms with Crippen LogP contribution in [0.2, 0.25) is 5.15 Å². The van der Waals surface area contributed by atoms with Gasteiger partial charge >= 0.3 is 0 Å². The number of aryl methyl sites for hydroxylation is 1. The highest BCUT2D eigenvalue weighted by molar-refractivity contribution is 6.29. The van der Waals surface area contributed by atoms with Crippen molar-refractivity contribution in [2.24, 2.45) is 0 Å². The lowest BCUT2D eigenvalue weighted by molar-refractivity contribution is 0.996. The molecule has 0 aliphatic rings. The quantitative estimate of drug-likeness (QED) is 0.632. The van der Waals surface area contributed by atoms with Gasteiger partial charge in [0.05, 0.1) is 6.07 Å². The Kier molecular flexibility index (Phi) is 2.88. The van der Waals surface area contributed by atoms with Gasteiger partial charge in [-0.3, -0.25) is 0 Å². The van der Waals surface area contributed by atoms with Crippen LogP contribution in [0.15, 0.2) is 18.3 Å². The Morgan fingerprint density at radius 3 is 2.91 bits per heavy atom. The normalized spacial score (nSPS) is 9.09. The molecule has 1 rings (SSSR count). The summed E-state index contributed by atoms with van der Waals surface area (Å²) in [6, 6.07) is 5.68. The minimum absolute atomic E-state index is 0.491. The van der Waals surface area contributed by atoms with E-state index in [1.54, 1.807) is 12.3 Å². The van der Waals surface area contributed by atoms with Crippen LogP contribution in [0, 0.1) is 11.3 Å². The second-order valence-corrected chi connectivity index (χ2v) is 2.53. The first-order valence-corrected chi connectivity index (χ1v) is 3.68. The van der Waals surface area contributed by atoms with Gasteiger partial charge in [-0.1, -0.05) is 17.7 Å². The molecule has 0 amide bonds. The summed E-state index contributed by atoms with van der Waals surface area (Å²) in [5.41, 5.74) is 1.05. The number of nitrogens with zero attached hydrogens (tertiary/aromatic N) is 2. The smallest absolute Gasteiger partial charge is 0.129 e. The van der Waals surface area contributed by atoms with Crippen LogP contribution in [-0.4, -0.2) is 4.98 Å². The standard InChI is InChI=1S/C8H7ClN2/c9-8-4-3-7(6-11-8)2-1-5-10/h3-4,6H,1-2H2. The molecule has 0 bridgehead atoms. The molecule has 1 aromatic rings. The van der Waals surface area contributed by atoms with Crippen LogP contribution in [0.3, 0.4) is 0 Å². The van der Waals surface area contributed by atoms with Crippen molar-refractivity contribution >= 4 is 11.6 Å². The maximum Gasteiger partial charge on any atom is 0.129 e. The van der Waals surface area contributed by atoms with Crippen molar-refractivity contribution in [3.8, 4) is 6.07 Å². The largest absolute Gasteiger partial charge is 0.244 e. The first-order valence-electron chi connectivity index (χ1n) is 3.30. The summed E-state index contributed by atoms with van der Waals surface area (Å²) in [6.07, 6.45) is 2.98. The Morgan fingerprint density at radius 1 is 1.55 bits per heavy atom. The van der Waals surface area contributed by atoms with Gasteiger partial charge in [-0.25, -0.2) is 4.98 Å². The zero-order chi connectivity index (χ0) is 8.10. The predicted molar refractivity (Wildman–Crippen MR) is 43.2 cm³/mol. The van der Waals surface area contributed by atoms with E-state index in [-0.39, 0.29) is 0 Å². The van der Waals surface area contributed by atoms with Crippen molar-refractivity contribution in [3.05, 3.63) is 29.0 Å². The van der Waals surface area contributed by atoms with Crippen molar-refractivity contribution < 1.29 is 0 Å². The summed E-state index contributed by atoms with van der Waals surface area (Å²) in [5, 5.41) is 8.78. The van der Waals surface area contributed by atoms with E-state index in [2.05, 4.69) is 11.1 Å². The van der Waals surface area contributed by atoms with Crippen molar-refractivity contribution in [3.63, 3.8) is 0 Å². The molecule has 0 unspecified atom stereocenters. The van der Waals surface area contributed by atoms with E-state index in [1.807, 2.05) is 6.07 Å². The Labute approximate surface area is 70.4 Å². The molecule has 0 fully saturated rings. The number of nitriles is 1. The Hall–Kier alpha value is -1.07. The van der Waals surface area contributed by atoms with Gasteiger partial charge in [0, 0.05) is 12.6 Å². The third-order valence-corrected chi connectivity index (χ3v) is 1.54. The lowest BCUT2D eigenvalue weighted by Gasteiger charge is -1.94. The molecule has 0 saturated carbocycles. The fourth-order valence-corrected chi connectivity index (χ4v) is 0.866. The van der Waals surface area contributed by atoms with Crippen LogP contribution in [-0.2, 0) is 6.42 Å². The lowest BCUT2D eigenvalue weighted by Crippen LogP contribution is -1.84. The number of hydrogen-bond donors (Lipinski definition) is 0. The Balaban J connectivity index is 2.60. The SMILES string of the molecule is N#CCCc1ccc(Cl)nc1. The van der Waals surface area contributed by atoms with Gasteiger partial charge in [0.2, 0.25) is 0 Å². The molecule has 11 heavy (non-hydrogen) atoms. The summed E-state index contributed by atoms with van der Waals surface area (Å²) >= 11 is 5.57. The molecule has 56 valence electrons. The maximum atomic E-state index is 8.29. The molecule has 2 nitrogen and oxygen atoms in total. The van der Waals surface area contributed by atoms with Crippen molar-refractivity contribution in [2.45, 2.75) is 12.8 Å². The zero-order valence-electron chi connectivity index (χ0n) is 5.92. The van der Waals surface area contributed by atoms with Crippen LogP contribution in [0.5, 0.6) is 0 Å². The number of halogens is 1. The van der Waals surface area contributed by atoms with E-state index in [4.69, 9.17) is 16.9 Å². The minimum atomic E-state index is 0.491. The van der Waals surface area contributed by atoms with E-state index in [1.165, 1.54) is 0 Å². The molecule has 1 aromatic heterocycles. The number of aromatic nitrogens is 1. The van der Waals surface area contributed by atoms with Gasteiger partial charge in [0.25, 0.3) is 0 Å². The van der Waals surface area contributed by atoms with E-state index in [0.29, 0.717) is 11.6 Å². The minimum Gasteiger partial charge on any atom is -0.244 e. The third-order valence-electron chi connectivity index (χ3n) is 1.31. The molecule has 0 saturated heterocycles. The second kappa shape index (κ2) is 3.95. The van der Waals surface area contributed by atoms with Crippen molar-refractivity contribution in [2.75, 3.05) is 0 Å². The average Bonchev–Trinajstić information content (AvgIpc) is 2.04. The van der Waals surface area contributed by atoms with Crippen LogP contribution in [0.25, 0.3) is 0 Å². The van der Waals surface area contributed by atoms with Gasteiger partial charge in [0.1, 0.15) is 5.15 Å². The number of rotatable bonds is 2. The highest BCUT2D eigenvalue weighted by Gasteiger charge is 1.92. The maximum absolute atomic E-state index is 8.29. The van der Waals surface area contributed by atoms with E-state index in [0.717, 1.165) is 12.0 Å². The Morgan fingerprint density at radius 2 is 2.36 bits per heavy atom. The van der Waals surface area contributed by atoms with Crippen molar-refractivity contribution in [1.29, 1.82) is 5.26 Å². The average molecular weight is 167 g/mol. The highest BCUT2D eigenvalue weighted by Crippen LogP contribution is 2.06. The van der Waals surface area contributed by atoms with Crippen molar-refractivity contribution in [1.82, 2.24) is 4.98 Å². The summed E-state index contributed by atoms with van der Waals surface area (Å²) in [7, 11) is 0. The molecule has 0 N–H and O–H groups in total. The molecule has 0 aliphatic heterocycles. The first-order chi connectivity index (χ1) is 5.33. The molecule has 0 aliphatic carbocycles. The van der Waals surface area contributed by atoms with Crippen LogP contribution in [0.4, 0.5) is 0 Å². The predicted octanol–water partition coefficient (Wildman–Crippen LogP) is 2.19. The van der Waals surface area contributed by atoms with E-state index in [9.17, 15) is 0 Å². The van der Waals surface area contributed by atoms with Gasteiger partial charge in [0.15, 0.2) is 0 Å². The Bertz CT molecular complexity index is 260. The molecular weight excluding hydrogens is 160 g/mol. The highest BCUT2D eigenvalue weighted by atomic mass is 35.5. The molecule has 0 spiro atoms. The third kappa shape index (κ3) is 2.57. The fourth-order valence-electron chi connectivity index (χ4n) is 0.755. The lowest BCUT2D eigenvalue weighted by atomic mass is 10.2. The molecule has 1 heterocycles. The van der Waals surface area contributed by atoms with Crippen LogP contribution >= 0.6 is 11.6 Å². The van der Waals surface area contributed by atoms with E-state index < -0.39 is 0 Å². The monoisotopic (exact) mass is 166 g/mol. The molecule has 0 atom stereocenters. The zero-order valence-corrected chi connectivity index (χ0v) is 6.67. The van der Waals surface area contributed by atoms with Gasteiger partial charge in [-0.2, -0.15) is 5.26 Å². The summed E-state index contributed by atoms with van der Waals surface area (Å²) in [6.45, 7) is 0. The number of pyridine rings is 1. The van der Waals surface area contributed by atoms with E-state index >= 15 is 0 Å². The summed E-state index contributed by atoms with van der Waals surface area (Å²) in [5.74, 6) is 0. The number of hydrogen-bond acceptors (Lipinski definition) is 2. The molecule has 0 aromatic carbocycles. The fraction of sp³-hybridized carbons (Fsp3) is 0.250. The van der Waals surface area contributed by atoms with Gasteiger partial charge in [-0.15, -0.1) is 0 Å².